The highest BCUT2D eigenvalue weighted by Crippen LogP contribution is 2.45. The second-order valence-electron chi connectivity index (χ2n) is 27.9. The Hall–Kier alpha value is -1.94. The van der Waals surface area contributed by atoms with E-state index in [-0.39, 0.29) is 25.7 Å². The van der Waals surface area contributed by atoms with Gasteiger partial charge in [-0.2, -0.15) is 0 Å². The Morgan fingerprint density at radius 1 is 0.284 bits per heavy atom. The van der Waals surface area contributed by atoms with Crippen LogP contribution >= 0.6 is 15.6 Å². The second kappa shape index (κ2) is 69.2. The van der Waals surface area contributed by atoms with Crippen molar-refractivity contribution in [1.29, 1.82) is 0 Å². The van der Waals surface area contributed by atoms with Crippen molar-refractivity contribution in [1.82, 2.24) is 0 Å². The summed E-state index contributed by atoms with van der Waals surface area (Å²) in [5.41, 5.74) is 0. The average molecular weight is 1400 g/mol. The summed E-state index contributed by atoms with van der Waals surface area (Å²) in [5, 5.41) is 10.6. The van der Waals surface area contributed by atoms with Crippen molar-refractivity contribution in [3.05, 3.63) is 0 Å². The molecule has 0 aliphatic rings. The Kier molecular flexibility index (Phi) is 67.7. The first-order chi connectivity index (χ1) is 46.0. The number of phosphoric acid groups is 2. The highest BCUT2D eigenvalue weighted by Gasteiger charge is 2.30. The maximum atomic E-state index is 13.1. The van der Waals surface area contributed by atoms with Gasteiger partial charge in [0.05, 0.1) is 26.4 Å². The van der Waals surface area contributed by atoms with Gasteiger partial charge < -0.3 is 33.8 Å². The summed E-state index contributed by atoms with van der Waals surface area (Å²) in [6, 6.07) is 0. The van der Waals surface area contributed by atoms with Crippen molar-refractivity contribution in [3.8, 4) is 0 Å². The number of unbranched alkanes of at least 4 members (excludes halogenated alkanes) is 48. The molecule has 0 aliphatic heterocycles. The smallest absolute Gasteiger partial charge is 0.462 e. The second-order valence-corrected chi connectivity index (χ2v) is 30.8. The van der Waals surface area contributed by atoms with Gasteiger partial charge in [-0.25, -0.2) is 9.13 Å². The minimum absolute atomic E-state index is 0.105. The van der Waals surface area contributed by atoms with Crippen molar-refractivity contribution < 1.29 is 80.2 Å². The van der Waals surface area contributed by atoms with Gasteiger partial charge in [-0.1, -0.05) is 349 Å². The molecule has 0 spiro atoms. The molecule has 0 rings (SSSR count). The lowest BCUT2D eigenvalue weighted by Gasteiger charge is -2.21. The largest absolute Gasteiger partial charge is 0.472 e. The molecule has 0 bridgehead atoms. The summed E-state index contributed by atoms with van der Waals surface area (Å²) in [5.74, 6) is -1.40. The third kappa shape index (κ3) is 70.3. The first-order valence-corrected chi connectivity index (χ1v) is 42.6. The van der Waals surface area contributed by atoms with Crippen molar-refractivity contribution in [2.45, 2.75) is 419 Å². The molecule has 0 aromatic heterocycles. The standard InChI is InChI=1S/C76H148O17P2/c1-6-9-12-15-18-20-22-24-26-28-29-30-32-34-36-38-40-46-51-56-61-75(80)92-72(66-87-74(79)60-55-50-45-39-37-35-33-31-27-25-23-21-19-16-13-10-7-2)68-91-95(84,85)89-64-70(77)63-88-94(82,83)90-67-71(65-86-73(78)59-54-49-43-17-14-11-8-3)93-76(81)62-57-52-47-42-41-44-48-53-58-69(4)5/h69-72,77H,6-68H2,1-5H3,(H,82,83)(H,84,85)/t70-,71+,72+/m0/s1. The molecule has 19 heteroatoms. The number of aliphatic hydroxyl groups is 1. The van der Waals surface area contributed by atoms with Gasteiger partial charge in [0.2, 0.25) is 0 Å². The molecule has 0 saturated heterocycles. The number of aliphatic hydroxyl groups excluding tert-OH is 1. The maximum Gasteiger partial charge on any atom is 0.472 e. The SMILES string of the molecule is CCCCCCCCCCCCCCCCCCCCCCC(=O)O[C@H](COC(=O)CCCCCCCCCCCCCCCCCCC)COP(=O)(O)OC[C@@H](O)COP(=O)(O)OC[C@@H](COC(=O)CCCCCCCCC)OC(=O)CCCCCCCCCCC(C)C. The molecule has 0 saturated carbocycles. The van der Waals surface area contributed by atoms with Gasteiger partial charge in [-0.05, 0) is 31.6 Å². The fraction of sp³-hybridized carbons (Fsp3) is 0.947. The number of carbonyl (C=O) groups excluding carboxylic acids is 4. The van der Waals surface area contributed by atoms with Crippen molar-refractivity contribution in [2.24, 2.45) is 5.92 Å². The number of rotatable bonds is 76. The van der Waals surface area contributed by atoms with E-state index in [0.717, 1.165) is 109 Å². The zero-order valence-electron chi connectivity index (χ0n) is 61.8. The lowest BCUT2D eigenvalue weighted by molar-refractivity contribution is -0.161. The van der Waals surface area contributed by atoms with Gasteiger partial charge in [-0.3, -0.25) is 37.3 Å². The zero-order chi connectivity index (χ0) is 69.8. The van der Waals surface area contributed by atoms with Crippen LogP contribution in [0.5, 0.6) is 0 Å². The summed E-state index contributed by atoms with van der Waals surface area (Å²) in [6.07, 6.45) is 58.6. The van der Waals surface area contributed by atoms with Gasteiger partial charge in [0.25, 0.3) is 0 Å². The van der Waals surface area contributed by atoms with E-state index in [0.29, 0.717) is 25.7 Å². The molecule has 0 aromatic carbocycles. The molecule has 17 nitrogen and oxygen atoms in total. The number of esters is 4. The number of hydrogen-bond donors (Lipinski definition) is 3. The molecule has 2 unspecified atom stereocenters. The predicted molar refractivity (Wildman–Crippen MR) is 386 cm³/mol. The third-order valence-electron chi connectivity index (χ3n) is 17.8. The Morgan fingerprint density at radius 2 is 0.484 bits per heavy atom. The normalized spacial score (nSPS) is 13.9. The molecule has 564 valence electrons. The van der Waals surface area contributed by atoms with Crippen LogP contribution in [-0.4, -0.2) is 96.7 Å². The molecule has 0 aromatic rings. The van der Waals surface area contributed by atoms with Crippen LogP contribution in [0.3, 0.4) is 0 Å². The van der Waals surface area contributed by atoms with E-state index in [1.807, 2.05) is 0 Å². The van der Waals surface area contributed by atoms with Gasteiger partial charge in [0.1, 0.15) is 19.3 Å². The number of ether oxygens (including phenoxy) is 4. The number of phosphoric ester groups is 2. The highest BCUT2D eigenvalue weighted by atomic mass is 31.2. The first-order valence-electron chi connectivity index (χ1n) is 39.6. The Bertz CT molecular complexity index is 1820. The lowest BCUT2D eigenvalue weighted by Crippen LogP contribution is -2.30. The molecule has 5 atom stereocenters. The predicted octanol–water partition coefficient (Wildman–Crippen LogP) is 22.5. The maximum absolute atomic E-state index is 13.1. The minimum atomic E-state index is -4.96. The molecule has 0 radical (unpaired) electrons. The van der Waals surface area contributed by atoms with E-state index in [2.05, 4.69) is 34.6 Å². The molecule has 3 N–H and O–H groups in total. The molecule has 0 heterocycles. The van der Waals surface area contributed by atoms with Crippen LogP contribution in [0, 0.1) is 5.92 Å². The lowest BCUT2D eigenvalue weighted by atomic mass is 10.0. The highest BCUT2D eigenvalue weighted by molar-refractivity contribution is 7.47. The van der Waals surface area contributed by atoms with Gasteiger partial charge >= 0.3 is 39.5 Å². The zero-order valence-corrected chi connectivity index (χ0v) is 63.6. The van der Waals surface area contributed by atoms with Crippen LogP contribution < -0.4 is 0 Å². The van der Waals surface area contributed by atoms with Gasteiger partial charge in [0.15, 0.2) is 12.2 Å². The number of carbonyl (C=O) groups is 4. The molecule has 0 aliphatic carbocycles. The summed E-state index contributed by atoms with van der Waals surface area (Å²) in [4.78, 5) is 72.6. The molecular formula is C76H148O17P2. The van der Waals surface area contributed by atoms with Crippen LogP contribution in [0.1, 0.15) is 401 Å². The summed E-state index contributed by atoms with van der Waals surface area (Å²) in [7, 11) is -9.90. The quantitative estimate of drug-likeness (QED) is 0.0222. The molecule has 0 fully saturated rings. The topological polar surface area (TPSA) is 237 Å². The van der Waals surface area contributed by atoms with Crippen molar-refractivity contribution in [3.63, 3.8) is 0 Å². The van der Waals surface area contributed by atoms with E-state index in [1.165, 1.54) is 212 Å². The van der Waals surface area contributed by atoms with E-state index < -0.39 is 97.5 Å². The Labute approximate surface area is 581 Å². The molecular weight excluding hydrogens is 1250 g/mol. The average Bonchev–Trinajstić information content (AvgIpc) is 1.76. The van der Waals surface area contributed by atoms with E-state index in [9.17, 15) is 43.2 Å². The first kappa shape index (κ1) is 93.1. The van der Waals surface area contributed by atoms with Crippen LogP contribution in [-0.2, 0) is 65.4 Å². The summed E-state index contributed by atoms with van der Waals surface area (Å²) < 4.78 is 68.4. The van der Waals surface area contributed by atoms with Crippen LogP contribution in [0.25, 0.3) is 0 Å². The molecule has 95 heavy (non-hydrogen) atoms. The Morgan fingerprint density at radius 3 is 0.716 bits per heavy atom. The van der Waals surface area contributed by atoms with Gasteiger partial charge in [0, 0.05) is 25.7 Å². The van der Waals surface area contributed by atoms with Crippen LogP contribution in [0.2, 0.25) is 0 Å². The van der Waals surface area contributed by atoms with Crippen LogP contribution in [0.4, 0.5) is 0 Å². The van der Waals surface area contributed by atoms with Gasteiger partial charge in [-0.15, -0.1) is 0 Å². The van der Waals surface area contributed by atoms with E-state index in [4.69, 9.17) is 37.0 Å². The van der Waals surface area contributed by atoms with E-state index >= 15 is 0 Å². The fourth-order valence-corrected chi connectivity index (χ4v) is 13.3. The monoisotopic (exact) mass is 1400 g/mol. The fourth-order valence-electron chi connectivity index (χ4n) is 11.7. The van der Waals surface area contributed by atoms with Crippen molar-refractivity contribution in [2.75, 3.05) is 39.6 Å². The Balaban J connectivity index is 5.17. The van der Waals surface area contributed by atoms with Crippen molar-refractivity contribution >= 4 is 39.5 Å². The minimum Gasteiger partial charge on any atom is -0.462 e. The molecule has 0 amide bonds. The summed E-state index contributed by atoms with van der Waals surface area (Å²) in [6.45, 7) is 7.21. The summed E-state index contributed by atoms with van der Waals surface area (Å²) >= 11 is 0. The van der Waals surface area contributed by atoms with E-state index in [1.54, 1.807) is 0 Å². The third-order valence-corrected chi connectivity index (χ3v) is 19.7. The van der Waals surface area contributed by atoms with Crippen LogP contribution in [0.15, 0.2) is 0 Å². The number of hydrogen-bond acceptors (Lipinski definition) is 15.